The summed E-state index contributed by atoms with van der Waals surface area (Å²) in [6, 6.07) is 0. The van der Waals surface area contributed by atoms with Crippen molar-refractivity contribution in [2.75, 3.05) is 6.61 Å². The van der Waals surface area contributed by atoms with Gasteiger partial charge in [-0.2, -0.15) is 0 Å². The van der Waals surface area contributed by atoms with E-state index >= 15 is 0 Å². The molecule has 1 heterocycles. The zero-order valence-electron chi connectivity index (χ0n) is 4.55. The van der Waals surface area contributed by atoms with Gasteiger partial charge in [-0.25, -0.2) is 0 Å². The summed E-state index contributed by atoms with van der Waals surface area (Å²) in [5.41, 5.74) is 0. The smallest absolute Gasteiger partial charge is 0.0636 e. The van der Waals surface area contributed by atoms with Gasteiger partial charge < -0.3 is 4.74 Å². The van der Waals surface area contributed by atoms with Crippen molar-refractivity contribution < 1.29 is 4.74 Å². The molecule has 0 spiro atoms. The third kappa shape index (κ3) is 0.367. The molecule has 40 valence electrons. The van der Waals surface area contributed by atoms with E-state index in [2.05, 4.69) is 6.92 Å². The molecule has 0 aromatic heterocycles. The summed E-state index contributed by atoms with van der Waals surface area (Å²) >= 11 is 0. The second-order valence-electron chi connectivity index (χ2n) is 2.65. The highest BCUT2D eigenvalue weighted by molar-refractivity contribution is 4.99. The Morgan fingerprint density at radius 2 is 2.43 bits per heavy atom. The number of ether oxygens (including phenoxy) is 1. The van der Waals surface area contributed by atoms with Crippen molar-refractivity contribution in [1.82, 2.24) is 0 Å². The largest absolute Gasteiger partial charge is 0.378 e. The van der Waals surface area contributed by atoms with Crippen molar-refractivity contribution in [3.63, 3.8) is 0 Å². The van der Waals surface area contributed by atoms with Crippen LogP contribution in [0.4, 0.5) is 0 Å². The Bertz CT molecular complexity index is 80.2. The van der Waals surface area contributed by atoms with Crippen molar-refractivity contribution in [1.29, 1.82) is 0 Å². The van der Waals surface area contributed by atoms with E-state index in [9.17, 15) is 0 Å². The Kier molecular flexibility index (Phi) is 0.571. The van der Waals surface area contributed by atoms with Gasteiger partial charge in [0.2, 0.25) is 0 Å². The average molecular weight is 98.1 g/mol. The fourth-order valence-electron chi connectivity index (χ4n) is 1.55. The zero-order valence-corrected chi connectivity index (χ0v) is 4.55. The molecule has 2 rings (SSSR count). The van der Waals surface area contributed by atoms with Gasteiger partial charge in [-0.1, -0.05) is 6.92 Å². The van der Waals surface area contributed by atoms with E-state index in [1.807, 2.05) is 0 Å². The van der Waals surface area contributed by atoms with Crippen LogP contribution >= 0.6 is 0 Å². The maximum absolute atomic E-state index is 5.34. The summed E-state index contributed by atoms with van der Waals surface area (Å²) in [5, 5.41) is 0. The molecular formula is C6H10O. The molecule has 1 unspecified atom stereocenters. The Morgan fingerprint density at radius 3 is 2.71 bits per heavy atom. The van der Waals surface area contributed by atoms with Crippen molar-refractivity contribution in [3.05, 3.63) is 0 Å². The topological polar surface area (TPSA) is 9.23 Å². The molecule has 0 amide bonds. The number of hydrogen-bond acceptors (Lipinski definition) is 1. The molecule has 0 N–H and O–H groups in total. The second-order valence-corrected chi connectivity index (χ2v) is 2.65. The highest BCUT2D eigenvalue weighted by atomic mass is 16.5. The van der Waals surface area contributed by atoms with Crippen LogP contribution in [-0.2, 0) is 4.74 Å². The van der Waals surface area contributed by atoms with Crippen LogP contribution in [-0.4, -0.2) is 12.7 Å². The first-order valence-electron chi connectivity index (χ1n) is 3.01. The minimum Gasteiger partial charge on any atom is -0.378 e. The van der Waals surface area contributed by atoms with E-state index in [0.29, 0.717) is 6.10 Å². The SMILES string of the molecule is CC1[C@H]2CCO[C@@H]12. The van der Waals surface area contributed by atoms with E-state index in [4.69, 9.17) is 4.74 Å². The summed E-state index contributed by atoms with van der Waals surface area (Å²) in [6.45, 7) is 3.30. The lowest BCUT2D eigenvalue weighted by atomic mass is 10.3. The van der Waals surface area contributed by atoms with Gasteiger partial charge >= 0.3 is 0 Å². The zero-order chi connectivity index (χ0) is 4.85. The molecule has 0 bridgehead atoms. The molecule has 2 aliphatic rings. The molecule has 7 heavy (non-hydrogen) atoms. The first kappa shape index (κ1) is 3.90. The predicted octanol–water partition coefficient (Wildman–Crippen LogP) is 1.04. The summed E-state index contributed by atoms with van der Waals surface area (Å²) < 4.78 is 5.34. The van der Waals surface area contributed by atoms with Gasteiger partial charge in [-0.05, 0) is 18.3 Å². The van der Waals surface area contributed by atoms with Gasteiger partial charge in [0.25, 0.3) is 0 Å². The van der Waals surface area contributed by atoms with E-state index < -0.39 is 0 Å². The second kappa shape index (κ2) is 1.03. The molecular weight excluding hydrogens is 88.1 g/mol. The molecule has 1 heteroatoms. The van der Waals surface area contributed by atoms with Gasteiger partial charge in [-0.3, -0.25) is 0 Å². The van der Waals surface area contributed by atoms with Crippen molar-refractivity contribution >= 4 is 0 Å². The van der Waals surface area contributed by atoms with Crippen LogP contribution in [0, 0.1) is 11.8 Å². The summed E-state index contributed by atoms with van der Waals surface area (Å²) in [4.78, 5) is 0. The average Bonchev–Trinajstić information content (AvgIpc) is 2.26. The van der Waals surface area contributed by atoms with Crippen LogP contribution in [0.15, 0.2) is 0 Å². The normalized spacial score (nSPS) is 57.0. The van der Waals surface area contributed by atoms with Crippen LogP contribution in [0.3, 0.4) is 0 Å². The van der Waals surface area contributed by atoms with Crippen molar-refractivity contribution in [3.8, 4) is 0 Å². The first-order chi connectivity index (χ1) is 3.39. The lowest BCUT2D eigenvalue weighted by molar-refractivity contribution is 0.141. The number of fused-ring (bicyclic) bond motifs is 1. The summed E-state index contributed by atoms with van der Waals surface area (Å²) in [7, 11) is 0. The molecule has 0 aromatic rings. The van der Waals surface area contributed by atoms with Crippen molar-refractivity contribution in [2.24, 2.45) is 11.8 Å². The third-order valence-electron chi connectivity index (χ3n) is 2.24. The molecule has 3 atom stereocenters. The molecule has 1 aliphatic heterocycles. The maximum Gasteiger partial charge on any atom is 0.0636 e. The number of hydrogen-bond donors (Lipinski definition) is 0. The van der Waals surface area contributed by atoms with Gasteiger partial charge in [0.1, 0.15) is 0 Å². The van der Waals surface area contributed by atoms with Gasteiger partial charge in [0, 0.05) is 6.61 Å². The van der Waals surface area contributed by atoms with Crippen molar-refractivity contribution in [2.45, 2.75) is 19.4 Å². The Morgan fingerprint density at radius 1 is 1.57 bits per heavy atom. The van der Waals surface area contributed by atoms with Gasteiger partial charge in [-0.15, -0.1) is 0 Å². The van der Waals surface area contributed by atoms with E-state index in [-0.39, 0.29) is 0 Å². The van der Waals surface area contributed by atoms with Gasteiger partial charge in [0.15, 0.2) is 0 Å². The minimum absolute atomic E-state index is 0.681. The lowest BCUT2D eigenvalue weighted by Gasteiger charge is -1.92. The van der Waals surface area contributed by atoms with Gasteiger partial charge in [0.05, 0.1) is 6.10 Å². The molecule has 0 radical (unpaired) electrons. The fourth-order valence-corrected chi connectivity index (χ4v) is 1.55. The highest BCUT2D eigenvalue weighted by Crippen LogP contribution is 2.48. The molecule has 1 nitrogen and oxygen atoms in total. The predicted molar refractivity (Wildman–Crippen MR) is 27.0 cm³/mol. The van der Waals surface area contributed by atoms with Crippen LogP contribution in [0.25, 0.3) is 0 Å². The Labute approximate surface area is 43.7 Å². The van der Waals surface area contributed by atoms with E-state index in [1.54, 1.807) is 0 Å². The van der Waals surface area contributed by atoms with E-state index in [1.165, 1.54) is 6.42 Å². The van der Waals surface area contributed by atoms with Crippen LogP contribution in [0.5, 0.6) is 0 Å². The van der Waals surface area contributed by atoms with E-state index in [0.717, 1.165) is 18.4 Å². The standard InChI is InChI=1S/C6H10O/c1-4-5-2-3-7-6(4)5/h4-6H,2-3H2,1H3/t4?,5-,6+/m1/s1. The minimum atomic E-state index is 0.681. The number of rotatable bonds is 0. The first-order valence-corrected chi connectivity index (χ1v) is 3.01. The Balaban J connectivity index is 2.06. The fraction of sp³-hybridized carbons (Fsp3) is 1.00. The molecule has 1 aliphatic carbocycles. The molecule has 0 aromatic carbocycles. The quantitative estimate of drug-likeness (QED) is 0.440. The van der Waals surface area contributed by atoms with Crippen LogP contribution in [0.2, 0.25) is 0 Å². The molecule has 1 saturated carbocycles. The highest BCUT2D eigenvalue weighted by Gasteiger charge is 2.50. The summed E-state index contributed by atoms with van der Waals surface area (Å²) in [6.07, 6.45) is 2.01. The van der Waals surface area contributed by atoms with Crippen LogP contribution in [0.1, 0.15) is 13.3 Å². The van der Waals surface area contributed by atoms with Crippen LogP contribution < -0.4 is 0 Å². The Hall–Kier alpha value is -0.0400. The monoisotopic (exact) mass is 98.1 g/mol. The summed E-state index contributed by atoms with van der Waals surface area (Å²) in [5.74, 6) is 1.86. The maximum atomic E-state index is 5.34. The molecule has 1 saturated heterocycles. The third-order valence-corrected chi connectivity index (χ3v) is 2.24. The lowest BCUT2D eigenvalue weighted by Crippen LogP contribution is -1.91. The molecule has 2 fully saturated rings.